The lowest BCUT2D eigenvalue weighted by Gasteiger charge is -2.06. The molecule has 0 fully saturated rings. The highest BCUT2D eigenvalue weighted by Crippen LogP contribution is 2.45. The number of fused-ring (bicyclic) bond motifs is 5. The van der Waals surface area contributed by atoms with E-state index in [1.165, 1.54) is 46.4 Å². The molecule has 24 heavy (non-hydrogen) atoms. The molecule has 3 heterocycles. The summed E-state index contributed by atoms with van der Waals surface area (Å²) in [6.45, 7) is 2.20. The van der Waals surface area contributed by atoms with Crippen LogP contribution in [0.1, 0.15) is 5.56 Å². The van der Waals surface area contributed by atoms with Crippen LogP contribution in [0.2, 0.25) is 0 Å². The summed E-state index contributed by atoms with van der Waals surface area (Å²) in [5.41, 5.74) is 3.79. The van der Waals surface area contributed by atoms with Crippen molar-refractivity contribution in [2.45, 2.75) is 6.92 Å². The quantitative estimate of drug-likeness (QED) is 0.368. The smallest absolute Gasteiger partial charge is 0.233 e. The van der Waals surface area contributed by atoms with E-state index in [4.69, 9.17) is 0 Å². The lowest BCUT2D eigenvalue weighted by atomic mass is 10.0. The van der Waals surface area contributed by atoms with Gasteiger partial charge in [0.15, 0.2) is 0 Å². The number of hydrogen-bond donors (Lipinski definition) is 0. The summed E-state index contributed by atoms with van der Waals surface area (Å²) in [7, 11) is 2.05. The van der Waals surface area contributed by atoms with Crippen LogP contribution in [0, 0.1) is 6.92 Å². The molecule has 0 aliphatic carbocycles. The number of aryl methyl sites for hydroxylation is 2. The number of aromatic nitrogens is 2. The fourth-order valence-corrected chi connectivity index (χ4v) is 6.01. The van der Waals surface area contributed by atoms with E-state index in [0.29, 0.717) is 0 Å². The third-order valence-corrected chi connectivity index (χ3v) is 7.07. The van der Waals surface area contributed by atoms with Gasteiger partial charge in [0.25, 0.3) is 6.33 Å². The van der Waals surface area contributed by atoms with Gasteiger partial charge in [0, 0.05) is 31.8 Å². The lowest BCUT2D eigenvalue weighted by molar-refractivity contribution is -0.663. The predicted octanol–water partition coefficient (Wildman–Crippen LogP) is 5.46. The molecular weight excluding hydrogens is 332 g/mol. The predicted molar refractivity (Wildman–Crippen MR) is 104 cm³/mol. The van der Waals surface area contributed by atoms with E-state index in [1.54, 1.807) is 0 Å². The Morgan fingerprint density at radius 1 is 0.917 bits per heavy atom. The van der Waals surface area contributed by atoms with E-state index in [-0.39, 0.29) is 0 Å². The second-order valence-corrected chi connectivity index (χ2v) is 8.20. The number of rotatable bonds is 1. The van der Waals surface area contributed by atoms with E-state index in [2.05, 4.69) is 58.9 Å². The minimum absolute atomic E-state index is 1.20. The number of nitrogens with zero attached hydrogens (tertiary/aromatic N) is 2. The Bertz CT molecular complexity index is 1230. The lowest BCUT2D eigenvalue weighted by Crippen LogP contribution is -2.31. The van der Waals surface area contributed by atoms with Crippen LogP contribution in [-0.2, 0) is 7.05 Å². The van der Waals surface area contributed by atoms with Gasteiger partial charge in [0.1, 0.15) is 11.9 Å². The van der Waals surface area contributed by atoms with E-state index < -0.39 is 0 Å². The van der Waals surface area contributed by atoms with Crippen molar-refractivity contribution in [1.82, 2.24) is 4.98 Å². The van der Waals surface area contributed by atoms with Crippen LogP contribution >= 0.6 is 22.7 Å². The topological polar surface area (TPSA) is 16.8 Å². The molecule has 0 radical (unpaired) electrons. The Morgan fingerprint density at radius 3 is 2.58 bits per heavy atom. The van der Waals surface area contributed by atoms with Crippen LogP contribution in [0.4, 0.5) is 0 Å². The minimum atomic E-state index is 1.20. The molecule has 0 aliphatic rings. The zero-order valence-corrected chi connectivity index (χ0v) is 15.0. The molecule has 4 heteroatoms. The standard InChI is InChI=1S/C20H15N2S2/c1-12-9-15-18(10-14(12)16-7-8-21-11-22(16)2)24-19-13-5-3-4-6-17(13)23-20(15)19/h3-11H,1-2H3/q+1. The van der Waals surface area contributed by atoms with Crippen molar-refractivity contribution in [3.05, 3.63) is 60.6 Å². The molecule has 0 unspecified atom stereocenters. The van der Waals surface area contributed by atoms with Gasteiger partial charge < -0.3 is 0 Å². The van der Waals surface area contributed by atoms with Gasteiger partial charge in [-0.1, -0.05) is 23.2 Å². The zero-order valence-electron chi connectivity index (χ0n) is 13.4. The highest BCUT2D eigenvalue weighted by Gasteiger charge is 2.16. The van der Waals surface area contributed by atoms with Crippen LogP contribution in [-0.4, -0.2) is 4.98 Å². The highest BCUT2D eigenvalue weighted by atomic mass is 32.1. The van der Waals surface area contributed by atoms with Crippen molar-refractivity contribution in [3.8, 4) is 11.3 Å². The van der Waals surface area contributed by atoms with Crippen molar-refractivity contribution in [2.24, 2.45) is 7.05 Å². The Hall–Kier alpha value is -2.30. The van der Waals surface area contributed by atoms with Crippen LogP contribution in [0.3, 0.4) is 0 Å². The van der Waals surface area contributed by atoms with Gasteiger partial charge in [-0.2, -0.15) is 0 Å². The van der Waals surface area contributed by atoms with Crippen molar-refractivity contribution in [1.29, 1.82) is 0 Å². The molecule has 0 aliphatic heterocycles. The van der Waals surface area contributed by atoms with E-state index >= 15 is 0 Å². The summed E-state index contributed by atoms with van der Waals surface area (Å²) in [4.78, 5) is 4.19. The van der Waals surface area contributed by atoms with Crippen molar-refractivity contribution < 1.29 is 4.57 Å². The highest BCUT2D eigenvalue weighted by molar-refractivity contribution is 7.36. The summed E-state index contributed by atoms with van der Waals surface area (Å²) >= 11 is 3.81. The summed E-state index contributed by atoms with van der Waals surface area (Å²) in [5.74, 6) is 0. The first-order chi connectivity index (χ1) is 11.7. The van der Waals surface area contributed by atoms with Gasteiger partial charge >= 0.3 is 0 Å². The summed E-state index contributed by atoms with van der Waals surface area (Å²) in [6, 6.07) is 15.5. The molecule has 0 saturated heterocycles. The molecule has 5 aromatic rings. The Kier molecular flexibility index (Phi) is 2.99. The maximum Gasteiger partial charge on any atom is 0.286 e. The summed E-state index contributed by atoms with van der Waals surface area (Å²) in [5, 5.41) is 2.77. The van der Waals surface area contributed by atoms with E-state index in [0.717, 1.165) is 0 Å². The SMILES string of the molecule is Cc1cc2c(cc1-c1ccnc[n+]1C)sc1c3ccccc3sc21. The largest absolute Gasteiger partial charge is 0.286 e. The molecule has 116 valence electrons. The van der Waals surface area contributed by atoms with Crippen molar-refractivity contribution in [3.63, 3.8) is 0 Å². The van der Waals surface area contributed by atoms with Gasteiger partial charge in [0.2, 0.25) is 0 Å². The summed E-state index contributed by atoms with van der Waals surface area (Å²) in [6.07, 6.45) is 3.72. The van der Waals surface area contributed by atoms with Crippen molar-refractivity contribution >= 4 is 52.2 Å². The zero-order chi connectivity index (χ0) is 16.3. The van der Waals surface area contributed by atoms with Gasteiger partial charge in [-0.05, 0) is 30.7 Å². The number of thiophene rings is 2. The summed E-state index contributed by atoms with van der Waals surface area (Å²) < 4.78 is 7.66. The normalized spacial score (nSPS) is 11.8. The fraction of sp³-hybridized carbons (Fsp3) is 0.100. The van der Waals surface area contributed by atoms with Crippen LogP contribution in [0.15, 0.2) is 55.0 Å². The Labute approximate surface area is 147 Å². The average molecular weight is 347 g/mol. The first-order valence-electron chi connectivity index (χ1n) is 7.87. The molecular formula is C20H15N2S2+. The van der Waals surface area contributed by atoms with Gasteiger partial charge in [-0.3, -0.25) is 0 Å². The van der Waals surface area contributed by atoms with Crippen LogP contribution < -0.4 is 4.57 Å². The van der Waals surface area contributed by atoms with Crippen LogP contribution in [0.5, 0.6) is 0 Å². The minimum Gasteiger partial charge on any atom is -0.233 e. The Morgan fingerprint density at radius 2 is 1.71 bits per heavy atom. The fourth-order valence-electron chi connectivity index (χ4n) is 3.35. The van der Waals surface area contributed by atoms with Gasteiger partial charge in [-0.25, -0.2) is 4.57 Å². The maximum absolute atomic E-state index is 4.19. The van der Waals surface area contributed by atoms with Gasteiger partial charge in [-0.15, -0.1) is 22.7 Å². The van der Waals surface area contributed by atoms with Crippen molar-refractivity contribution in [2.75, 3.05) is 0 Å². The molecule has 2 aromatic carbocycles. The molecule has 5 rings (SSSR count). The molecule has 0 spiro atoms. The third kappa shape index (κ3) is 1.93. The van der Waals surface area contributed by atoms with Gasteiger partial charge in [0.05, 0.1) is 16.4 Å². The molecule has 2 nitrogen and oxygen atoms in total. The second-order valence-electron chi connectivity index (χ2n) is 6.10. The molecule has 0 amide bonds. The molecule has 0 bridgehead atoms. The monoisotopic (exact) mass is 347 g/mol. The maximum atomic E-state index is 4.19. The molecule has 0 atom stereocenters. The van der Waals surface area contributed by atoms with E-state index in [9.17, 15) is 0 Å². The first kappa shape index (κ1) is 14.1. The van der Waals surface area contributed by atoms with Crippen LogP contribution in [0.25, 0.3) is 40.8 Å². The molecule has 0 saturated carbocycles. The van der Waals surface area contributed by atoms with E-state index in [1.807, 2.05) is 42.2 Å². The third-order valence-electron chi connectivity index (χ3n) is 4.55. The number of hydrogen-bond acceptors (Lipinski definition) is 3. The average Bonchev–Trinajstić information content (AvgIpc) is 3.11. The first-order valence-corrected chi connectivity index (χ1v) is 9.50. The Balaban J connectivity index is 1.85. The number of benzene rings is 2. The second kappa shape index (κ2) is 5.10. The molecule has 3 aromatic heterocycles. The molecule has 0 N–H and O–H groups in total.